The minimum absolute atomic E-state index is 0.0840. The van der Waals surface area contributed by atoms with Crippen molar-refractivity contribution in [2.24, 2.45) is 0 Å². The Kier molecular flexibility index (Phi) is 2.61. The Hall–Kier alpha value is -2.36. The topological polar surface area (TPSA) is 22.0 Å². The summed E-state index contributed by atoms with van der Waals surface area (Å²) in [5.41, 5.74) is 3.46. The molecule has 0 saturated heterocycles. The lowest BCUT2D eigenvalue weighted by atomic mass is 10.1. The van der Waals surface area contributed by atoms with Gasteiger partial charge in [-0.05, 0) is 34.5 Å². The number of thiophene rings is 1. The molecule has 0 fully saturated rings. The third-order valence-corrected chi connectivity index (χ3v) is 5.53. The second-order valence-corrected chi connectivity index (χ2v) is 6.94. The van der Waals surface area contributed by atoms with Crippen LogP contribution in [0.25, 0.3) is 26.9 Å². The molecular weight excluding hydrogens is 326 g/mol. The lowest BCUT2D eigenvalue weighted by Crippen LogP contribution is -1.99. The highest BCUT2D eigenvalue weighted by atomic mass is 35.5. The van der Waals surface area contributed by atoms with E-state index in [0.29, 0.717) is 5.02 Å². The number of rotatable bonds is 1. The molecule has 0 amide bonds. The molecule has 0 atom stereocenters. The number of benzene rings is 2. The van der Waals surface area contributed by atoms with Gasteiger partial charge in [0.2, 0.25) is 0 Å². The zero-order valence-electron chi connectivity index (χ0n) is 11.9. The number of hydrogen-bond donors (Lipinski definition) is 0. The van der Waals surface area contributed by atoms with Crippen molar-refractivity contribution in [2.75, 3.05) is 0 Å². The molecule has 0 spiro atoms. The standard InChI is InChI=1S/C19H10ClNOS/c20-13-5-6-14-15(7-13)16-10-23-19(17(16)18(14)22)21-8-11-3-1-2-4-12(11)9-21/h1-10H. The predicted octanol–water partition coefficient (Wildman–Crippen LogP) is 5.56. The van der Waals surface area contributed by atoms with Gasteiger partial charge in [-0.15, -0.1) is 11.3 Å². The molecule has 2 aromatic heterocycles. The number of ketones is 1. The first-order valence-corrected chi connectivity index (χ1v) is 8.51. The minimum atomic E-state index is 0.0840. The van der Waals surface area contributed by atoms with E-state index in [9.17, 15) is 4.79 Å². The average Bonchev–Trinajstić information content (AvgIpc) is 3.22. The van der Waals surface area contributed by atoms with Gasteiger partial charge in [-0.1, -0.05) is 35.9 Å². The van der Waals surface area contributed by atoms with Crippen molar-refractivity contribution >= 4 is 39.5 Å². The summed E-state index contributed by atoms with van der Waals surface area (Å²) in [6, 6.07) is 13.7. The second kappa shape index (κ2) is 4.57. The number of nitrogens with zero attached hydrogens (tertiary/aromatic N) is 1. The molecule has 1 aliphatic rings. The van der Waals surface area contributed by atoms with E-state index in [-0.39, 0.29) is 5.78 Å². The highest BCUT2D eigenvalue weighted by Crippen LogP contribution is 2.44. The Morgan fingerprint density at radius 1 is 0.913 bits per heavy atom. The van der Waals surface area contributed by atoms with E-state index < -0.39 is 0 Å². The quantitative estimate of drug-likeness (QED) is 0.393. The van der Waals surface area contributed by atoms with E-state index in [1.165, 1.54) is 10.8 Å². The van der Waals surface area contributed by atoms with Crippen LogP contribution in [0, 0.1) is 0 Å². The highest BCUT2D eigenvalue weighted by Gasteiger charge is 2.31. The lowest BCUT2D eigenvalue weighted by molar-refractivity contribution is 0.104. The molecule has 2 heterocycles. The number of carbonyl (C=O) groups excluding carboxylic acids is 1. The van der Waals surface area contributed by atoms with E-state index in [1.54, 1.807) is 17.4 Å². The van der Waals surface area contributed by atoms with Gasteiger partial charge in [0.15, 0.2) is 5.78 Å². The van der Waals surface area contributed by atoms with E-state index >= 15 is 0 Å². The van der Waals surface area contributed by atoms with Gasteiger partial charge in [-0.25, -0.2) is 0 Å². The van der Waals surface area contributed by atoms with Gasteiger partial charge in [0.05, 0.1) is 5.56 Å². The Balaban J connectivity index is 1.75. The molecule has 23 heavy (non-hydrogen) atoms. The van der Waals surface area contributed by atoms with Gasteiger partial charge in [0.1, 0.15) is 5.00 Å². The average molecular weight is 336 g/mol. The minimum Gasteiger partial charge on any atom is -0.314 e. The number of hydrogen-bond acceptors (Lipinski definition) is 2. The van der Waals surface area contributed by atoms with Crippen LogP contribution in [0.15, 0.2) is 60.2 Å². The van der Waals surface area contributed by atoms with E-state index in [4.69, 9.17) is 11.6 Å². The van der Waals surface area contributed by atoms with E-state index in [2.05, 4.69) is 34.5 Å². The van der Waals surface area contributed by atoms with Gasteiger partial charge < -0.3 is 4.57 Å². The summed E-state index contributed by atoms with van der Waals surface area (Å²) in [5.74, 6) is 0.0840. The van der Waals surface area contributed by atoms with Gasteiger partial charge >= 0.3 is 0 Å². The van der Waals surface area contributed by atoms with Crippen LogP contribution in [0.1, 0.15) is 15.9 Å². The second-order valence-electron chi connectivity index (χ2n) is 5.64. The number of aromatic nitrogens is 1. The summed E-state index contributed by atoms with van der Waals surface area (Å²) < 4.78 is 2.06. The smallest absolute Gasteiger partial charge is 0.197 e. The van der Waals surface area contributed by atoms with Crippen LogP contribution in [0.2, 0.25) is 5.02 Å². The Morgan fingerprint density at radius 3 is 2.39 bits per heavy atom. The fraction of sp³-hybridized carbons (Fsp3) is 0. The van der Waals surface area contributed by atoms with Crippen LogP contribution in [-0.4, -0.2) is 10.4 Å². The molecule has 0 saturated carbocycles. The van der Waals surface area contributed by atoms with Crippen molar-refractivity contribution in [3.05, 3.63) is 76.4 Å². The summed E-state index contributed by atoms with van der Waals surface area (Å²) in [5, 5.41) is 6.01. The van der Waals surface area contributed by atoms with Crippen molar-refractivity contribution in [3.8, 4) is 16.1 Å². The molecule has 2 aromatic carbocycles. The molecule has 5 rings (SSSR count). The van der Waals surface area contributed by atoms with Gasteiger partial charge in [-0.2, -0.15) is 0 Å². The van der Waals surface area contributed by atoms with E-state index in [1.807, 2.05) is 24.3 Å². The van der Waals surface area contributed by atoms with Crippen molar-refractivity contribution in [2.45, 2.75) is 0 Å². The predicted molar refractivity (Wildman–Crippen MR) is 95.0 cm³/mol. The summed E-state index contributed by atoms with van der Waals surface area (Å²) in [7, 11) is 0. The van der Waals surface area contributed by atoms with Crippen LogP contribution < -0.4 is 0 Å². The summed E-state index contributed by atoms with van der Waals surface area (Å²) >= 11 is 7.69. The van der Waals surface area contributed by atoms with Crippen LogP contribution in [0.4, 0.5) is 0 Å². The molecule has 0 bridgehead atoms. The van der Waals surface area contributed by atoms with Gasteiger partial charge in [0, 0.05) is 33.9 Å². The molecule has 4 heteroatoms. The van der Waals surface area contributed by atoms with Gasteiger partial charge in [0.25, 0.3) is 0 Å². The maximum absolute atomic E-state index is 12.8. The Bertz CT molecular complexity index is 1070. The monoisotopic (exact) mass is 335 g/mol. The molecule has 110 valence electrons. The SMILES string of the molecule is O=C1c2ccc(Cl)cc2-c2csc(-n3cc4ccccc4c3)c21. The normalized spacial score (nSPS) is 12.7. The van der Waals surface area contributed by atoms with Crippen molar-refractivity contribution in [1.82, 2.24) is 4.57 Å². The highest BCUT2D eigenvalue weighted by molar-refractivity contribution is 7.13. The van der Waals surface area contributed by atoms with Crippen molar-refractivity contribution < 1.29 is 4.79 Å². The molecule has 0 radical (unpaired) electrons. The van der Waals surface area contributed by atoms with Crippen LogP contribution in [-0.2, 0) is 0 Å². The molecule has 2 nitrogen and oxygen atoms in total. The fourth-order valence-corrected chi connectivity index (χ4v) is 4.42. The summed E-state index contributed by atoms with van der Waals surface area (Å²) in [6.45, 7) is 0. The summed E-state index contributed by atoms with van der Waals surface area (Å²) in [6.07, 6.45) is 4.15. The number of halogens is 1. The number of fused-ring (bicyclic) bond motifs is 4. The molecule has 0 aliphatic heterocycles. The van der Waals surface area contributed by atoms with Crippen LogP contribution >= 0.6 is 22.9 Å². The molecular formula is C19H10ClNOS. The first kappa shape index (κ1) is 13.1. The van der Waals surface area contributed by atoms with Gasteiger partial charge in [-0.3, -0.25) is 4.79 Å². The van der Waals surface area contributed by atoms with Crippen LogP contribution in [0.5, 0.6) is 0 Å². The molecule has 0 N–H and O–H groups in total. The maximum atomic E-state index is 12.8. The van der Waals surface area contributed by atoms with Crippen molar-refractivity contribution in [3.63, 3.8) is 0 Å². The first-order chi connectivity index (χ1) is 11.2. The fourth-order valence-electron chi connectivity index (χ4n) is 3.23. The summed E-state index contributed by atoms with van der Waals surface area (Å²) in [4.78, 5) is 12.8. The zero-order chi connectivity index (χ0) is 15.6. The largest absolute Gasteiger partial charge is 0.314 e. The zero-order valence-corrected chi connectivity index (χ0v) is 13.5. The molecule has 1 aliphatic carbocycles. The number of carbonyl (C=O) groups is 1. The third kappa shape index (κ3) is 1.78. The first-order valence-electron chi connectivity index (χ1n) is 7.25. The Morgan fingerprint density at radius 2 is 1.65 bits per heavy atom. The van der Waals surface area contributed by atoms with Crippen molar-refractivity contribution in [1.29, 1.82) is 0 Å². The molecule has 0 unspecified atom stereocenters. The van der Waals surface area contributed by atoms with Crippen LogP contribution in [0.3, 0.4) is 0 Å². The molecule has 4 aromatic rings. The third-order valence-electron chi connectivity index (χ3n) is 4.30. The van der Waals surface area contributed by atoms with E-state index in [0.717, 1.165) is 27.3 Å². The Labute approximate surface area is 141 Å². The lowest BCUT2D eigenvalue weighted by Gasteiger charge is -2.01. The maximum Gasteiger partial charge on any atom is 0.197 e.